The standard InChI is InChI=1S/C13H9ClF3N.C2H6/c1-8-3-2-4-12(18-8)9-5-6-11(14)10(7-9)13(15,16)17;1-2/h2-7H,1H3;1-2H3. The van der Waals surface area contributed by atoms with Crippen molar-refractivity contribution in [2.75, 3.05) is 0 Å². The number of alkyl halides is 3. The molecule has 2 aromatic rings. The van der Waals surface area contributed by atoms with Crippen molar-refractivity contribution in [1.29, 1.82) is 0 Å². The molecule has 20 heavy (non-hydrogen) atoms. The second kappa shape index (κ2) is 6.75. The Morgan fingerprint density at radius 3 is 2.25 bits per heavy atom. The summed E-state index contributed by atoms with van der Waals surface area (Å²) in [5.74, 6) is 0. The van der Waals surface area contributed by atoms with E-state index in [9.17, 15) is 13.2 Å². The minimum absolute atomic E-state index is 0.307. The number of pyridine rings is 1. The van der Waals surface area contributed by atoms with Crippen molar-refractivity contribution in [3.8, 4) is 11.3 Å². The molecule has 0 radical (unpaired) electrons. The van der Waals surface area contributed by atoms with Gasteiger partial charge >= 0.3 is 6.18 Å². The highest BCUT2D eigenvalue weighted by molar-refractivity contribution is 6.31. The molecule has 108 valence electrons. The summed E-state index contributed by atoms with van der Waals surface area (Å²) in [6, 6.07) is 8.98. The molecule has 0 N–H and O–H groups in total. The molecule has 0 aliphatic heterocycles. The average molecular weight is 302 g/mol. The Morgan fingerprint density at radius 1 is 1.05 bits per heavy atom. The van der Waals surface area contributed by atoms with Crippen molar-refractivity contribution in [3.63, 3.8) is 0 Å². The lowest BCUT2D eigenvalue weighted by Crippen LogP contribution is -2.06. The monoisotopic (exact) mass is 301 g/mol. The zero-order valence-corrected chi connectivity index (χ0v) is 12.2. The smallest absolute Gasteiger partial charge is 0.253 e. The number of halogens is 4. The summed E-state index contributed by atoms with van der Waals surface area (Å²) in [7, 11) is 0. The molecule has 1 aromatic carbocycles. The summed E-state index contributed by atoms with van der Waals surface area (Å²) in [5, 5.41) is -0.307. The summed E-state index contributed by atoms with van der Waals surface area (Å²) in [5.41, 5.74) is 0.800. The number of nitrogens with zero attached hydrogens (tertiary/aromatic N) is 1. The van der Waals surface area contributed by atoms with E-state index >= 15 is 0 Å². The maximum atomic E-state index is 12.7. The van der Waals surface area contributed by atoms with Crippen molar-refractivity contribution in [3.05, 3.63) is 52.7 Å². The molecule has 0 aliphatic rings. The SMILES string of the molecule is CC.Cc1cccc(-c2ccc(Cl)c(C(F)(F)F)c2)n1. The van der Waals surface area contributed by atoms with Crippen LogP contribution in [0.1, 0.15) is 25.1 Å². The van der Waals surface area contributed by atoms with E-state index in [1.54, 1.807) is 25.1 Å². The van der Waals surface area contributed by atoms with E-state index in [2.05, 4.69) is 4.98 Å². The quantitative estimate of drug-likeness (QED) is 0.653. The van der Waals surface area contributed by atoms with Gasteiger partial charge in [0.05, 0.1) is 16.3 Å². The van der Waals surface area contributed by atoms with Crippen LogP contribution < -0.4 is 0 Å². The lowest BCUT2D eigenvalue weighted by atomic mass is 10.1. The average Bonchev–Trinajstić information content (AvgIpc) is 2.40. The van der Waals surface area contributed by atoms with Crippen LogP contribution in [0, 0.1) is 6.92 Å². The van der Waals surface area contributed by atoms with Gasteiger partial charge in [0.1, 0.15) is 0 Å². The zero-order valence-electron chi connectivity index (χ0n) is 11.4. The molecule has 0 spiro atoms. The number of hydrogen-bond donors (Lipinski definition) is 0. The van der Waals surface area contributed by atoms with Gasteiger partial charge in [0.25, 0.3) is 0 Å². The van der Waals surface area contributed by atoms with Crippen LogP contribution in [0.25, 0.3) is 11.3 Å². The lowest BCUT2D eigenvalue weighted by Gasteiger charge is -2.10. The molecule has 5 heteroatoms. The second-order valence-electron chi connectivity index (χ2n) is 3.86. The van der Waals surface area contributed by atoms with Gasteiger partial charge in [0.2, 0.25) is 0 Å². The lowest BCUT2D eigenvalue weighted by molar-refractivity contribution is -0.137. The molecule has 0 fully saturated rings. The summed E-state index contributed by atoms with van der Waals surface area (Å²) in [6.07, 6.45) is -4.46. The Kier molecular flexibility index (Phi) is 5.57. The molecule has 1 nitrogen and oxygen atoms in total. The fraction of sp³-hybridized carbons (Fsp3) is 0.267. The van der Waals surface area contributed by atoms with E-state index < -0.39 is 11.7 Å². The molecule has 1 heterocycles. The number of aromatic nitrogens is 1. The summed E-state index contributed by atoms with van der Waals surface area (Å²) < 4.78 is 38.2. The second-order valence-corrected chi connectivity index (χ2v) is 4.26. The highest BCUT2D eigenvalue weighted by atomic mass is 35.5. The van der Waals surface area contributed by atoms with Gasteiger partial charge in [0, 0.05) is 11.3 Å². The van der Waals surface area contributed by atoms with Crippen molar-refractivity contribution in [2.45, 2.75) is 26.9 Å². The molecule has 0 saturated heterocycles. The molecule has 0 saturated carbocycles. The third-order valence-corrected chi connectivity index (χ3v) is 2.79. The molecule has 1 aromatic heterocycles. The van der Waals surface area contributed by atoms with Crippen molar-refractivity contribution in [2.24, 2.45) is 0 Å². The van der Waals surface area contributed by atoms with E-state index in [-0.39, 0.29) is 5.02 Å². The molecular weight excluding hydrogens is 287 g/mol. The van der Waals surface area contributed by atoms with Gasteiger partial charge in [-0.1, -0.05) is 37.6 Å². The highest BCUT2D eigenvalue weighted by Crippen LogP contribution is 2.36. The molecule has 0 amide bonds. The van der Waals surface area contributed by atoms with E-state index in [0.717, 1.165) is 11.8 Å². The number of rotatable bonds is 1. The van der Waals surface area contributed by atoms with Gasteiger partial charge in [0.15, 0.2) is 0 Å². The van der Waals surface area contributed by atoms with Crippen molar-refractivity contribution >= 4 is 11.6 Å². The first-order valence-corrected chi connectivity index (χ1v) is 6.56. The molecule has 0 aliphatic carbocycles. The summed E-state index contributed by atoms with van der Waals surface area (Å²) >= 11 is 5.56. The molecule has 0 unspecified atom stereocenters. The predicted octanol–water partition coefficient (Wildman–Crippen LogP) is 5.76. The van der Waals surface area contributed by atoms with Gasteiger partial charge in [-0.05, 0) is 31.2 Å². The Labute approximate surface area is 121 Å². The first-order valence-electron chi connectivity index (χ1n) is 6.19. The third kappa shape index (κ3) is 3.97. The number of benzene rings is 1. The van der Waals surface area contributed by atoms with Crippen LogP contribution in [0.2, 0.25) is 5.02 Å². The van der Waals surface area contributed by atoms with Crippen LogP contribution in [-0.4, -0.2) is 4.98 Å². The Hall–Kier alpha value is -1.55. The van der Waals surface area contributed by atoms with Gasteiger partial charge in [-0.15, -0.1) is 0 Å². The molecular formula is C15H15ClF3N. The van der Waals surface area contributed by atoms with Gasteiger partial charge < -0.3 is 0 Å². The van der Waals surface area contributed by atoms with E-state index in [1.807, 2.05) is 13.8 Å². The Bertz CT molecular complexity index is 580. The largest absolute Gasteiger partial charge is 0.417 e. The van der Waals surface area contributed by atoms with E-state index in [0.29, 0.717) is 11.3 Å². The van der Waals surface area contributed by atoms with Crippen LogP contribution in [-0.2, 0) is 6.18 Å². The predicted molar refractivity (Wildman–Crippen MR) is 75.8 cm³/mol. The third-order valence-electron chi connectivity index (χ3n) is 2.46. The maximum Gasteiger partial charge on any atom is 0.417 e. The highest BCUT2D eigenvalue weighted by Gasteiger charge is 2.33. The minimum atomic E-state index is -4.46. The van der Waals surface area contributed by atoms with Crippen molar-refractivity contribution in [1.82, 2.24) is 4.98 Å². The topological polar surface area (TPSA) is 12.9 Å². The van der Waals surface area contributed by atoms with E-state index in [1.165, 1.54) is 12.1 Å². The maximum absolute atomic E-state index is 12.7. The molecule has 0 atom stereocenters. The van der Waals surface area contributed by atoms with Crippen LogP contribution in [0.3, 0.4) is 0 Å². The Balaban J connectivity index is 0.000000956. The van der Waals surface area contributed by atoms with Crippen molar-refractivity contribution < 1.29 is 13.2 Å². The van der Waals surface area contributed by atoms with Crippen LogP contribution >= 0.6 is 11.6 Å². The fourth-order valence-electron chi connectivity index (χ4n) is 1.61. The Morgan fingerprint density at radius 2 is 1.70 bits per heavy atom. The normalized spacial score (nSPS) is 10.8. The van der Waals surface area contributed by atoms with Crippen LogP contribution in [0.5, 0.6) is 0 Å². The summed E-state index contributed by atoms with van der Waals surface area (Å²) in [6.45, 7) is 5.78. The molecule has 2 rings (SSSR count). The fourth-order valence-corrected chi connectivity index (χ4v) is 1.83. The summed E-state index contributed by atoms with van der Waals surface area (Å²) in [4.78, 5) is 4.19. The van der Waals surface area contributed by atoms with Crippen LogP contribution in [0.15, 0.2) is 36.4 Å². The van der Waals surface area contributed by atoms with Gasteiger partial charge in [-0.3, -0.25) is 4.98 Å². The van der Waals surface area contributed by atoms with Gasteiger partial charge in [-0.2, -0.15) is 13.2 Å². The molecule has 0 bridgehead atoms. The first kappa shape index (κ1) is 16.5. The van der Waals surface area contributed by atoms with E-state index in [4.69, 9.17) is 11.6 Å². The zero-order chi connectivity index (χ0) is 15.3. The van der Waals surface area contributed by atoms with Gasteiger partial charge in [-0.25, -0.2) is 0 Å². The minimum Gasteiger partial charge on any atom is -0.253 e. The van der Waals surface area contributed by atoms with Crippen LogP contribution in [0.4, 0.5) is 13.2 Å². The number of hydrogen-bond acceptors (Lipinski definition) is 1. The first-order chi connectivity index (χ1) is 9.38. The number of aryl methyl sites for hydroxylation is 1.